The summed E-state index contributed by atoms with van der Waals surface area (Å²) in [4.78, 5) is 30.4. The van der Waals surface area contributed by atoms with Crippen molar-refractivity contribution in [1.82, 2.24) is 24.5 Å². The Morgan fingerprint density at radius 1 is 1.11 bits per heavy atom. The average Bonchev–Trinajstić information content (AvgIpc) is 2.81. The van der Waals surface area contributed by atoms with Crippen LogP contribution in [0.15, 0.2) is 51.9 Å². The molecule has 0 aliphatic heterocycles. The van der Waals surface area contributed by atoms with Crippen molar-refractivity contribution in [3.63, 3.8) is 0 Å². The van der Waals surface area contributed by atoms with E-state index in [4.69, 9.17) is 4.74 Å². The highest BCUT2D eigenvalue weighted by molar-refractivity contribution is 9.10. The van der Waals surface area contributed by atoms with Gasteiger partial charge in [0.05, 0.1) is 17.6 Å². The third kappa shape index (κ3) is 5.19. The van der Waals surface area contributed by atoms with Gasteiger partial charge in [0.25, 0.3) is 5.56 Å². The summed E-state index contributed by atoms with van der Waals surface area (Å²) >= 11 is 3.33. The number of ether oxygens (including phenoxy) is 1. The van der Waals surface area contributed by atoms with E-state index in [-0.39, 0.29) is 34.0 Å². The molecule has 3 aromatic heterocycles. The summed E-state index contributed by atoms with van der Waals surface area (Å²) in [5, 5.41) is 10.3. The van der Waals surface area contributed by atoms with Crippen LogP contribution in [0.25, 0.3) is 16.9 Å². The van der Waals surface area contributed by atoms with Crippen LogP contribution < -0.4 is 10.3 Å². The number of benzene rings is 1. The van der Waals surface area contributed by atoms with Crippen LogP contribution in [0.3, 0.4) is 0 Å². The number of nitrogens with zero attached hydrogens (tertiary/aromatic N) is 5. The van der Waals surface area contributed by atoms with Crippen LogP contribution in [-0.4, -0.2) is 29.6 Å². The van der Waals surface area contributed by atoms with Crippen molar-refractivity contribution in [1.29, 1.82) is 0 Å². The maximum atomic E-state index is 14.7. The second-order valence-electron chi connectivity index (χ2n) is 8.93. The Hall–Kier alpha value is -3.50. The van der Waals surface area contributed by atoms with Gasteiger partial charge in [0.15, 0.2) is 11.6 Å². The Bertz CT molecular complexity index is 1510. The number of aryl methyl sites for hydroxylation is 3. The fourth-order valence-corrected chi connectivity index (χ4v) is 4.03. The third-order valence-electron chi connectivity index (χ3n) is 5.48. The lowest BCUT2D eigenvalue weighted by Gasteiger charge is -2.18. The second-order valence-corrected chi connectivity index (χ2v) is 9.72. The van der Waals surface area contributed by atoms with Crippen LogP contribution in [0.5, 0.6) is 5.88 Å². The van der Waals surface area contributed by atoms with Gasteiger partial charge in [0.2, 0.25) is 5.88 Å². The van der Waals surface area contributed by atoms with Gasteiger partial charge in [-0.2, -0.15) is 4.98 Å². The van der Waals surface area contributed by atoms with Crippen molar-refractivity contribution in [2.75, 3.05) is 0 Å². The average molecular weight is 554 g/mol. The zero-order valence-electron chi connectivity index (χ0n) is 20.5. The Morgan fingerprint density at radius 2 is 1.86 bits per heavy atom. The normalized spacial score (nSPS) is 11.6. The minimum atomic E-state index is -1.35. The summed E-state index contributed by atoms with van der Waals surface area (Å²) in [5.41, 5.74) is 1.58. The summed E-state index contributed by atoms with van der Waals surface area (Å²) in [6.07, 6.45) is 1.03. The summed E-state index contributed by atoms with van der Waals surface area (Å²) in [5.74, 6) is -0.0170. The maximum Gasteiger partial charge on any atom is 0.276 e. The molecule has 0 saturated heterocycles. The molecule has 0 spiro atoms. The molecule has 8 nitrogen and oxygen atoms in total. The fourth-order valence-electron chi connectivity index (χ4n) is 3.65. The molecule has 36 heavy (non-hydrogen) atoms. The van der Waals surface area contributed by atoms with E-state index in [2.05, 4.69) is 35.9 Å². The monoisotopic (exact) mass is 553 g/mol. The lowest BCUT2D eigenvalue weighted by molar-refractivity contribution is 0.0686. The molecule has 0 unspecified atom stereocenters. The van der Waals surface area contributed by atoms with E-state index in [1.807, 2.05) is 32.0 Å². The maximum absolute atomic E-state index is 14.7. The number of halogens is 2. The van der Waals surface area contributed by atoms with Gasteiger partial charge in [-0.25, -0.2) is 14.4 Å². The van der Waals surface area contributed by atoms with Crippen LogP contribution >= 0.6 is 15.9 Å². The zero-order valence-corrected chi connectivity index (χ0v) is 22.1. The lowest BCUT2D eigenvalue weighted by Crippen LogP contribution is -2.24. The fraction of sp³-hybridized carbons (Fsp3) is 0.269. The van der Waals surface area contributed by atoms with Gasteiger partial charge in [0.1, 0.15) is 28.2 Å². The molecule has 0 saturated carbocycles. The molecule has 0 fully saturated rings. The van der Waals surface area contributed by atoms with Crippen LogP contribution in [0, 0.1) is 26.6 Å². The third-order valence-corrected chi connectivity index (χ3v) is 6.16. The molecule has 0 aliphatic rings. The molecule has 4 aromatic rings. The van der Waals surface area contributed by atoms with Gasteiger partial charge >= 0.3 is 0 Å². The first-order valence-electron chi connectivity index (χ1n) is 11.2. The Labute approximate surface area is 216 Å². The Morgan fingerprint density at radius 3 is 2.56 bits per heavy atom. The van der Waals surface area contributed by atoms with E-state index >= 15 is 0 Å². The quantitative estimate of drug-likeness (QED) is 0.368. The highest BCUT2D eigenvalue weighted by atomic mass is 79.9. The summed E-state index contributed by atoms with van der Waals surface area (Å²) < 4.78 is 22.1. The van der Waals surface area contributed by atoms with Crippen molar-refractivity contribution in [3.05, 3.63) is 91.8 Å². The first-order chi connectivity index (χ1) is 17.0. The topological polar surface area (TPSA) is 103 Å². The standard InChI is InChI=1S/C26H25BrFN5O3/c1-14-9-10-17(22-19(28)12-29-25(32-22)26(4,5)35)11-20(14)33-16(3)31-23(21(27)24(33)34)36-13-18-8-6-7-15(2)30-18/h6-12,35H,13H2,1-5H3. The van der Waals surface area contributed by atoms with Crippen LogP contribution in [-0.2, 0) is 12.2 Å². The number of hydrogen-bond acceptors (Lipinski definition) is 7. The van der Waals surface area contributed by atoms with Gasteiger partial charge in [-0.05, 0) is 74.3 Å². The molecule has 1 aromatic carbocycles. The molecule has 3 heterocycles. The van der Waals surface area contributed by atoms with E-state index in [1.54, 1.807) is 25.1 Å². The molecule has 186 valence electrons. The molecular formula is C26H25BrFN5O3. The Balaban J connectivity index is 1.75. The summed E-state index contributed by atoms with van der Waals surface area (Å²) in [6.45, 7) is 8.62. The van der Waals surface area contributed by atoms with Crippen molar-refractivity contribution >= 4 is 15.9 Å². The molecule has 0 bridgehead atoms. The molecular weight excluding hydrogens is 529 g/mol. The van der Waals surface area contributed by atoms with Crippen LogP contribution in [0.2, 0.25) is 0 Å². The minimum Gasteiger partial charge on any atom is -0.470 e. The molecule has 0 amide bonds. The first-order valence-corrected chi connectivity index (χ1v) is 12.0. The van der Waals surface area contributed by atoms with Gasteiger partial charge in [-0.15, -0.1) is 0 Å². The van der Waals surface area contributed by atoms with E-state index in [9.17, 15) is 14.3 Å². The SMILES string of the molecule is Cc1cccc(COc2nc(C)n(-c3cc(-c4nc(C(C)(C)O)ncc4F)ccc3C)c(=O)c2Br)n1. The van der Waals surface area contributed by atoms with Gasteiger partial charge < -0.3 is 9.84 Å². The van der Waals surface area contributed by atoms with E-state index in [0.29, 0.717) is 22.8 Å². The van der Waals surface area contributed by atoms with Crippen LogP contribution in [0.1, 0.15) is 42.4 Å². The molecule has 4 rings (SSSR count). The zero-order chi connectivity index (χ0) is 26.2. The Kier molecular flexibility index (Phi) is 7.01. The van der Waals surface area contributed by atoms with E-state index in [0.717, 1.165) is 17.5 Å². The molecule has 1 N–H and O–H groups in total. The number of rotatable bonds is 6. The number of aromatic nitrogens is 5. The van der Waals surface area contributed by atoms with Gasteiger partial charge in [-0.1, -0.05) is 18.2 Å². The smallest absolute Gasteiger partial charge is 0.276 e. The second kappa shape index (κ2) is 9.87. The minimum absolute atomic E-state index is 0.0201. The summed E-state index contributed by atoms with van der Waals surface area (Å²) in [7, 11) is 0. The van der Waals surface area contributed by atoms with Crippen LogP contribution in [0.4, 0.5) is 4.39 Å². The molecule has 0 aliphatic carbocycles. The number of hydrogen-bond donors (Lipinski definition) is 1. The van der Waals surface area contributed by atoms with Crippen molar-refractivity contribution < 1.29 is 14.2 Å². The first kappa shape index (κ1) is 25.6. The predicted octanol–water partition coefficient (Wildman–Crippen LogP) is 4.72. The van der Waals surface area contributed by atoms with Gasteiger partial charge in [0, 0.05) is 11.3 Å². The molecule has 0 atom stereocenters. The number of aliphatic hydroxyl groups is 1. The molecule has 0 radical (unpaired) electrons. The number of pyridine rings is 1. The summed E-state index contributed by atoms with van der Waals surface area (Å²) in [6, 6.07) is 10.7. The van der Waals surface area contributed by atoms with Crippen molar-refractivity contribution in [3.8, 4) is 22.8 Å². The lowest BCUT2D eigenvalue weighted by atomic mass is 10.1. The van der Waals surface area contributed by atoms with E-state index in [1.165, 1.54) is 18.4 Å². The highest BCUT2D eigenvalue weighted by Gasteiger charge is 2.23. The van der Waals surface area contributed by atoms with Crippen molar-refractivity contribution in [2.45, 2.75) is 46.8 Å². The van der Waals surface area contributed by atoms with Crippen molar-refractivity contribution in [2.24, 2.45) is 0 Å². The highest BCUT2D eigenvalue weighted by Crippen LogP contribution is 2.28. The van der Waals surface area contributed by atoms with Gasteiger partial charge in [-0.3, -0.25) is 14.3 Å². The van der Waals surface area contributed by atoms with E-state index < -0.39 is 11.4 Å². The largest absolute Gasteiger partial charge is 0.470 e. The molecule has 10 heteroatoms. The predicted molar refractivity (Wildman–Crippen MR) is 137 cm³/mol.